The molecule has 7 nitrogen and oxygen atoms in total. The molecule has 7 heteroatoms. The van der Waals surface area contributed by atoms with Gasteiger partial charge in [0.2, 0.25) is 11.8 Å². The number of hydrogen-bond acceptors (Lipinski definition) is 6. The normalized spacial score (nSPS) is 28.6. The lowest BCUT2D eigenvalue weighted by atomic mass is 9.84. The summed E-state index contributed by atoms with van der Waals surface area (Å²) in [5.74, 6) is 0.794. The monoisotopic (exact) mass is 333 g/mol. The van der Waals surface area contributed by atoms with Crippen LogP contribution in [0.2, 0.25) is 0 Å². The van der Waals surface area contributed by atoms with Crippen LogP contribution in [0, 0.1) is 12.8 Å². The van der Waals surface area contributed by atoms with Crippen LogP contribution in [0.4, 0.5) is 0 Å². The fourth-order valence-electron chi connectivity index (χ4n) is 3.76. The van der Waals surface area contributed by atoms with E-state index in [9.17, 15) is 4.79 Å². The molecule has 24 heavy (non-hydrogen) atoms. The van der Waals surface area contributed by atoms with E-state index in [2.05, 4.69) is 9.97 Å². The molecular formula is C17H23N3O4. The molecule has 4 rings (SSSR count). The van der Waals surface area contributed by atoms with Crippen molar-refractivity contribution < 1.29 is 19.0 Å². The molecule has 0 bridgehead atoms. The molecule has 0 radical (unpaired) electrons. The van der Waals surface area contributed by atoms with Gasteiger partial charge in [0.05, 0.1) is 44.1 Å². The number of ether oxygens (including phenoxy) is 3. The highest BCUT2D eigenvalue weighted by Crippen LogP contribution is 2.36. The number of hydrogen-bond donors (Lipinski definition) is 0. The molecule has 0 aromatic carbocycles. The molecule has 1 amide bonds. The van der Waals surface area contributed by atoms with Crippen LogP contribution >= 0.6 is 0 Å². The van der Waals surface area contributed by atoms with Crippen molar-refractivity contribution in [2.24, 2.45) is 5.92 Å². The third kappa shape index (κ3) is 3.10. The first-order chi connectivity index (χ1) is 11.6. The third-order valence-electron chi connectivity index (χ3n) is 5.02. The van der Waals surface area contributed by atoms with Crippen LogP contribution < -0.4 is 4.74 Å². The van der Waals surface area contributed by atoms with Crippen LogP contribution in [0.5, 0.6) is 5.88 Å². The summed E-state index contributed by atoms with van der Waals surface area (Å²) >= 11 is 0. The van der Waals surface area contributed by atoms with Crippen molar-refractivity contribution in [1.29, 1.82) is 0 Å². The summed E-state index contributed by atoms with van der Waals surface area (Å²) in [7, 11) is 0. The maximum Gasteiger partial charge on any atom is 0.232 e. The molecule has 130 valence electrons. The number of aromatic nitrogens is 2. The van der Waals surface area contributed by atoms with E-state index in [1.54, 1.807) is 12.4 Å². The van der Waals surface area contributed by atoms with Crippen LogP contribution in [0.25, 0.3) is 0 Å². The quantitative estimate of drug-likeness (QED) is 0.820. The van der Waals surface area contributed by atoms with Gasteiger partial charge in [0.25, 0.3) is 0 Å². The van der Waals surface area contributed by atoms with Crippen molar-refractivity contribution in [1.82, 2.24) is 14.9 Å². The van der Waals surface area contributed by atoms with Gasteiger partial charge in [-0.2, -0.15) is 0 Å². The maximum absolute atomic E-state index is 12.4. The molecule has 4 heterocycles. The first-order valence-electron chi connectivity index (χ1n) is 8.59. The molecule has 0 N–H and O–H groups in total. The lowest BCUT2D eigenvalue weighted by Gasteiger charge is -2.53. The smallest absolute Gasteiger partial charge is 0.232 e. The fraction of sp³-hybridized carbons (Fsp3) is 0.706. The van der Waals surface area contributed by atoms with Crippen molar-refractivity contribution >= 4 is 5.91 Å². The van der Waals surface area contributed by atoms with E-state index in [1.165, 1.54) is 0 Å². The van der Waals surface area contributed by atoms with E-state index in [1.807, 2.05) is 11.8 Å². The molecule has 2 atom stereocenters. The van der Waals surface area contributed by atoms with E-state index in [0.29, 0.717) is 38.8 Å². The summed E-state index contributed by atoms with van der Waals surface area (Å²) in [6.45, 7) is 5.11. The number of aryl methyl sites for hydroxylation is 1. The van der Waals surface area contributed by atoms with Crippen LogP contribution in [0.1, 0.15) is 25.0 Å². The van der Waals surface area contributed by atoms with Gasteiger partial charge >= 0.3 is 0 Å². The van der Waals surface area contributed by atoms with Crippen molar-refractivity contribution in [2.75, 3.05) is 32.9 Å². The first-order valence-corrected chi connectivity index (χ1v) is 8.59. The predicted molar refractivity (Wildman–Crippen MR) is 84.6 cm³/mol. The molecule has 3 saturated heterocycles. The summed E-state index contributed by atoms with van der Waals surface area (Å²) in [6, 6.07) is 0. The minimum atomic E-state index is -0.255. The Bertz CT molecular complexity index is 612. The highest BCUT2D eigenvalue weighted by atomic mass is 16.5. The van der Waals surface area contributed by atoms with Gasteiger partial charge in [0, 0.05) is 25.6 Å². The van der Waals surface area contributed by atoms with Crippen molar-refractivity contribution in [3.05, 3.63) is 18.1 Å². The zero-order valence-corrected chi connectivity index (χ0v) is 13.9. The van der Waals surface area contributed by atoms with Crippen LogP contribution in [-0.4, -0.2) is 65.4 Å². The van der Waals surface area contributed by atoms with Crippen molar-refractivity contribution in [3.63, 3.8) is 0 Å². The molecule has 1 spiro atoms. The summed E-state index contributed by atoms with van der Waals surface area (Å²) in [4.78, 5) is 22.8. The second-order valence-corrected chi connectivity index (χ2v) is 7.02. The summed E-state index contributed by atoms with van der Waals surface area (Å²) in [5, 5.41) is 0. The van der Waals surface area contributed by atoms with Gasteiger partial charge in [0.1, 0.15) is 11.7 Å². The number of carbonyl (C=O) groups excluding carboxylic acids is 1. The van der Waals surface area contributed by atoms with Gasteiger partial charge in [-0.05, 0) is 13.3 Å². The second-order valence-electron chi connectivity index (χ2n) is 7.02. The molecule has 3 fully saturated rings. The Balaban J connectivity index is 1.33. The molecule has 3 aliphatic rings. The van der Waals surface area contributed by atoms with Crippen molar-refractivity contribution in [3.8, 4) is 5.88 Å². The predicted octanol–water partition coefficient (Wildman–Crippen LogP) is 0.960. The Hall–Kier alpha value is -1.73. The van der Waals surface area contributed by atoms with E-state index < -0.39 is 0 Å². The minimum Gasteiger partial charge on any atom is -0.473 e. The average Bonchev–Trinajstić information content (AvgIpc) is 3.06. The van der Waals surface area contributed by atoms with Gasteiger partial charge in [-0.15, -0.1) is 0 Å². The Morgan fingerprint density at radius 3 is 2.96 bits per heavy atom. The summed E-state index contributed by atoms with van der Waals surface area (Å²) in [6.07, 6.45) is 5.87. The Kier molecular flexibility index (Phi) is 4.14. The topological polar surface area (TPSA) is 73.8 Å². The highest BCUT2D eigenvalue weighted by Gasteiger charge is 2.51. The number of rotatable bonds is 3. The van der Waals surface area contributed by atoms with Crippen LogP contribution in [0.15, 0.2) is 12.4 Å². The number of carbonyl (C=O) groups is 1. The SMILES string of the molecule is Cc1cncc(O[C@@H]2CCOC3(C2)CN(C(=O)[C@@H]2CCOC2)C3)n1. The molecule has 1 aromatic heterocycles. The first kappa shape index (κ1) is 15.8. The maximum atomic E-state index is 12.4. The third-order valence-corrected chi connectivity index (χ3v) is 5.02. The molecule has 3 aliphatic heterocycles. The fourth-order valence-corrected chi connectivity index (χ4v) is 3.76. The molecule has 1 aromatic rings. The lowest BCUT2D eigenvalue weighted by Crippen LogP contribution is -2.68. The van der Waals surface area contributed by atoms with Crippen LogP contribution in [0.3, 0.4) is 0 Å². The summed E-state index contributed by atoms with van der Waals surface area (Å²) < 4.78 is 17.3. The molecule has 0 aliphatic carbocycles. The standard InChI is InChI=1S/C17H23N3O4/c1-12-7-18-8-15(19-12)24-14-3-5-23-17(6-14)10-20(11-17)16(21)13-2-4-22-9-13/h7-8,13-14H,2-6,9-11H2,1H3/t13-,14-/m1/s1. The molecule has 0 unspecified atom stereocenters. The zero-order chi connectivity index (χ0) is 16.6. The Morgan fingerprint density at radius 2 is 2.21 bits per heavy atom. The number of amides is 1. The van der Waals surface area contributed by atoms with Crippen LogP contribution in [-0.2, 0) is 14.3 Å². The Labute approximate surface area is 141 Å². The van der Waals surface area contributed by atoms with E-state index >= 15 is 0 Å². The average molecular weight is 333 g/mol. The van der Waals surface area contributed by atoms with Gasteiger partial charge in [-0.3, -0.25) is 9.78 Å². The molecule has 0 saturated carbocycles. The van der Waals surface area contributed by atoms with Gasteiger partial charge in [-0.25, -0.2) is 4.98 Å². The van der Waals surface area contributed by atoms with Gasteiger partial charge < -0.3 is 19.1 Å². The second kappa shape index (κ2) is 6.29. The molecular weight excluding hydrogens is 310 g/mol. The number of likely N-dealkylation sites (tertiary alicyclic amines) is 1. The van der Waals surface area contributed by atoms with Crippen molar-refractivity contribution in [2.45, 2.75) is 37.9 Å². The van der Waals surface area contributed by atoms with E-state index in [0.717, 1.165) is 25.0 Å². The number of nitrogens with zero attached hydrogens (tertiary/aromatic N) is 3. The van der Waals surface area contributed by atoms with E-state index in [4.69, 9.17) is 14.2 Å². The highest BCUT2D eigenvalue weighted by molar-refractivity contribution is 5.80. The van der Waals surface area contributed by atoms with E-state index in [-0.39, 0.29) is 23.5 Å². The summed E-state index contributed by atoms with van der Waals surface area (Å²) in [5.41, 5.74) is 0.587. The largest absolute Gasteiger partial charge is 0.473 e. The zero-order valence-electron chi connectivity index (χ0n) is 13.9. The van der Waals surface area contributed by atoms with Gasteiger partial charge in [0.15, 0.2) is 0 Å². The van der Waals surface area contributed by atoms with Gasteiger partial charge in [-0.1, -0.05) is 0 Å². The lowest BCUT2D eigenvalue weighted by molar-refractivity contribution is -0.195. The Morgan fingerprint density at radius 1 is 1.33 bits per heavy atom. The minimum absolute atomic E-state index is 0.0283.